The molecule has 0 saturated heterocycles. The summed E-state index contributed by atoms with van der Waals surface area (Å²) in [6.45, 7) is 1.33. The first-order valence-electron chi connectivity index (χ1n) is 5.16. The third kappa shape index (κ3) is 4.73. The summed E-state index contributed by atoms with van der Waals surface area (Å²) < 4.78 is 5.56. The molecule has 1 aromatic carbocycles. The van der Waals surface area contributed by atoms with E-state index in [-0.39, 0.29) is 12.4 Å². The van der Waals surface area contributed by atoms with Gasteiger partial charge in [-0.25, -0.2) is 4.98 Å². The zero-order valence-corrected chi connectivity index (χ0v) is 11.0. The van der Waals surface area contributed by atoms with E-state index in [0.29, 0.717) is 18.3 Å². The van der Waals surface area contributed by atoms with Crippen LogP contribution in [0.15, 0.2) is 35.7 Å². The summed E-state index contributed by atoms with van der Waals surface area (Å²) in [5.41, 5.74) is 7.74. The van der Waals surface area contributed by atoms with Crippen molar-refractivity contribution in [1.29, 1.82) is 0 Å². The zero-order valence-electron chi connectivity index (χ0n) is 9.33. The van der Waals surface area contributed by atoms with Gasteiger partial charge in [-0.2, -0.15) is 0 Å². The average molecular weight is 271 g/mol. The standard InChI is InChI=1S/C12H14N2OS.ClH/c13-12-14-11(9-16-12)6-7-15-8-10-4-2-1-3-5-10;/h1-5,9H,6-8H2,(H2,13,14);1H. The number of hydrogen-bond donors (Lipinski definition) is 1. The maximum absolute atomic E-state index is 5.56. The van der Waals surface area contributed by atoms with Crippen molar-refractivity contribution in [2.75, 3.05) is 12.3 Å². The highest BCUT2D eigenvalue weighted by atomic mass is 35.5. The molecule has 0 aliphatic heterocycles. The summed E-state index contributed by atoms with van der Waals surface area (Å²) in [7, 11) is 0. The van der Waals surface area contributed by atoms with E-state index < -0.39 is 0 Å². The van der Waals surface area contributed by atoms with Crippen molar-refractivity contribution in [1.82, 2.24) is 4.98 Å². The Labute approximate surface area is 111 Å². The molecule has 0 aliphatic rings. The van der Waals surface area contributed by atoms with Crippen molar-refractivity contribution in [3.63, 3.8) is 0 Å². The van der Waals surface area contributed by atoms with Crippen LogP contribution in [0.4, 0.5) is 5.13 Å². The van der Waals surface area contributed by atoms with E-state index in [1.807, 2.05) is 23.6 Å². The number of benzene rings is 1. The van der Waals surface area contributed by atoms with Crippen molar-refractivity contribution >= 4 is 28.9 Å². The van der Waals surface area contributed by atoms with Gasteiger partial charge in [0.1, 0.15) is 0 Å². The first-order valence-corrected chi connectivity index (χ1v) is 6.04. The summed E-state index contributed by atoms with van der Waals surface area (Å²) in [6.07, 6.45) is 0.820. The quantitative estimate of drug-likeness (QED) is 0.850. The third-order valence-electron chi connectivity index (χ3n) is 2.18. The lowest BCUT2D eigenvalue weighted by atomic mass is 10.2. The lowest BCUT2D eigenvalue weighted by molar-refractivity contribution is 0.123. The highest BCUT2D eigenvalue weighted by Crippen LogP contribution is 2.11. The third-order valence-corrected chi connectivity index (χ3v) is 2.91. The number of aromatic nitrogens is 1. The summed E-state index contributed by atoms with van der Waals surface area (Å²) in [4.78, 5) is 4.17. The van der Waals surface area contributed by atoms with Crippen LogP contribution in [-0.4, -0.2) is 11.6 Å². The van der Waals surface area contributed by atoms with Crippen LogP contribution >= 0.6 is 23.7 Å². The van der Waals surface area contributed by atoms with E-state index in [2.05, 4.69) is 17.1 Å². The van der Waals surface area contributed by atoms with Gasteiger partial charge in [0.05, 0.1) is 18.9 Å². The van der Waals surface area contributed by atoms with Crippen LogP contribution in [0.2, 0.25) is 0 Å². The van der Waals surface area contributed by atoms with Crippen LogP contribution in [0.25, 0.3) is 0 Å². The van der Waals surface area contributed by atoms with E-state index in [1.165, 1.54) is 16.9 Å². The molecule has 2 aromatic rings. The van der Waals surface area contributed by atoms with Crippen molar-refractivity contribution in [3.05, 3.63) is 47.0 Å². The van der Waals surface area contributed by atoms with Crippen LogP contribution < -0.4 is 5.73 Å². The fraction of sp³-hybridized carbons (Fsp3) is 0.250. The molecule has 0 aliphatic carbocycles. The average Bonchev–Trinajstić information content (AvgIpc) is 2.72. The van der Waals surface area contributed by atoms with Crippen LogP contribution in [0.3, 0.4) is 0 Å². The Balaban J connectivity index is 0.00000144. The minimum atomic E-state index is 0. The molecule has 0 saturated carbocycles. The van der Waals surface area contributed by atoms with Crippen molar-refractivity contribution < 1.29 is 4.74 Å². The van der Waals surface area contributed by atoms with Gasteiger partial charge in [-0.3, -0.25) is 0 Å². The molecule has 5 heteroatoms. The second-order valence-corrected chi connectivity index (χ2v) is 4.35. The van der Waals surface area contributed by atoms with Crippen LogP contribution in [0.5, 0.6) is 0 Å². The molecule has 2 rings (SSSR count). The van der Waals surface area contributed by atoms with Crippen LogP contribution in [0, 0.1) is 0 Å². The largest absolute Gasteiger partial charge is 0.376 e. The lowest BCUT2D eigenvalue weighted by Crippen LogP contribution is -1.99. The number of nitrogen functional groups attached to an aromatic ring is 1. The maximum atomic E-state index is 5.56. The van der Waals surface area contributed by atoms with Crippen molar-refractivity contribution in [3.8, 4) is 0 Å². The number of halogens is 1. The van der Waals surface area contributed by atoms with Gasteiger partial charge < -0.3 is 10.5 Å². The fourth-order valence-electron chi connectivity index (χ4n) is 1.38. The topological polar surface area (TPSA) is 48.1 Å². The molecule has 1 heterocycles. The predicted molar refractivity (Wildman–Crippen MR) is 73.6 cm³/mol. The first kappa shape index (κ1) is 14.0. The minimum absolute atomic E-state index is 0. The van der Waals surface area contributed by atoms with Gasteiger partial charge in [-0.1, -0.05) is 30.3 Å². The molecular weight excluding hydrogens is 256 g/mol. The second-order valence-electron chi connectivity index (χ2n) is 3.47. The summed E-state index contributed by atoms with van der Waals surface area (Å²) >= 11 is 1.47. The van der Waals surface area contributed by atoms with Crippen LogP contribution in [-0.2, 0) is 17.8 Å². The van der Waals surface area contributed by atoms with E-state index in [1.54, 1.807) is 0 Å². The van der Waals surface area contributed by atoms with Crippen molar-refractivity contribution in [2.45, 2.75) is 13.0 Å². The first-order chi connectivity index (χ1) is 7.84. The number of thiazole rings is 1. The number of hydrogen-bond acceptors (Lipinski definition) is 4. The molecule has 0 unspecified atom stereocenters. The molecule has 0 atom stereocenters. The number of rotatable bonds is 5. The molecular formula is C12H15ClN2OS. The van der Waals surface area contributed by atoms with Gasteiger partial charge in [0.15, 0.2) is 5.13 Å². The van der Waals surface area contributed by atoms with Crippen molar-refractivity contribution in [2.24, 2.45) is 0 Å². The molecule has 1 aromatic heterocycles. The molecule has 0 fully saturated rings. The van der Waals surface area contributed by atoms with E-state index in [0.717, 1.165) is 12.1 Å². The molecule has 0 radical (unpaired) electrons. The Bertz CT molecular complexity index is 433. The zero-order chi connectivity index (χ0) is 11.2. The Kier molecular flexibility index (Phi) is 5.97. The van der Waals surface area contributed by atoms with Gasteiger partial charge in [0, 0.05) is 11.8 Å². The maximum Gasteiger partial charge on any atom is 0.180 e. The molecule has 0 amide bonds. The highest BCUT2D eigenvalue weighted by Gasteiger charge is 1.98. The normalized spacial score (nSPS) is 9.88. The fourth-order valence-corrected chi connectivity index (χ4v) is 1.98. The second kappa shape index (κ2) is 7.27. The molecule has 3 nitrogen and oxygen atoms in total. The minimum Gasteiger partial charge on any atom is -0.376 e. The lowest BCUT2D eigenvalue weighted by Gasteiger charge is -2.02. The summed E-state index contributed by atoms with van der Waals surface area (Å²) in [5.74, 6) is 0. The number of anilines is 1. The van der Waals surface area contributed by atoms with Crippen LogP contribution in [0.1, 0.15) is 11.3 Å². The van der Waals surface area contributed by atoms with E-state index in [9.17, 15) is 0 Å². The number of nitrogens with two attached hydrogens (primary N) is 1. The Hall–Kier alpha value is -1.10. The van der Waals surface area contributed by atoms with Gasteiger partial charge in [-0.05, 0) is 5.56 Å². The van der Waals surface area contributed by atoms with Gasteiger partial charge in [0.25, 0.3) is 0 Å². The molecule has 2 N–H and O–H groups in total. The molecule has 0 spiro atoms. The van der Waals surface area contributed by atoms with Gasteiger partial charge >= 0.3 is 0 Å². The Morgan fingerprint density at radius 3 is 2.65 bits per heavy atom. The number of nitrogens with zero attached hydrogens (tertiary/aromatic N) is 1. The number of ether oxygens (including phenoxy) is 1. The molecule has 92 valence electrons. The summed E-state index contributed by atoms with van der Waals surface area (Å²) in [6, 6.07) is 10.1. The highest BCUT2D eigenvalue weighted by molar-refractivity contribution is 7.13. The smallest absolute Gasteiger partial charge is 0.180 e. The monoisotopic (exact) mass is 270 g/mol. The van der Waals surface area contributed by atoms with E-state index in [4.69, 9.17) is 10.5 Å². The van der Waals surface area contributed by atoms with Gasteiger partial charge in [0.2, 0.25) is 0 Å². The van der Waals surface area contributed by atoms with E-state index >= 15 is 0 Å². The van der Waals surface area contributed by atoms with Gasteiger partial charge in [-0.15, -0.1) is 23.7 Å². The molecule has 17 heavy (non-hydrogen) atoms. The molecule has 0 bridgehead atoms. The Morgan fingerprint density at radius 1 is 1.24 bits per heavy atom. The SMILES string of the molecule is Cl.Nc1nc(CCOCc2ccccc2)cs1. The summed E-state index contributed by atoms with van der Waals surface area (Å²) in [5, 5.41) is 2.60. The predicted octanol–water partition coefficient (Wildman–Crippen LogP) is 2.91. The Morgan fingerprint density at radius 2 is 2.00 bits per heavy atom.